The molecule has 2 N–H and O–H groups in total. The van der Waals surface area contributed by atoms with E-state index in [2.05, 4.69) is 27.5 Å². The Hall–Kier alpha value is -2.08. The Morgan fingerprint density at radius 1 is 1.41 bits per heavy atom. The summed E-state index contributed by atoms with van der Waals surface area (Å²) in [5.74, 6) is 0.576. The maximum atomic E-state index is 12.4. The molecule has 0 aliphatic carbocycles. The summed E-state index contributed by atoms with van der Waals surface area (Å²) in [5.41, 5.74) is 1.14. The van der Waals surface area contributed by atoms with E-state index in [1.54, 1.807) is 12.3 Å². The molecular formula is C16H20N4O2. The van der Waals surface area contributed by atoms with Crippen LogP contribution >= 0.6 is 0 Å². The zero-order valence-electron chi connectivity index (χ0n) is 12.6. The lowest BCUT2D eigenvalue weighted by Crippen LogP contribution is -2.48. The van der Waals surface area contributed by atoms with E-state index in [4.69, 9.17) is 4.42 Å². The van der Waals surface area contributed by atoms with Gasteiger partial charge >= 0.3 is 0 Å². The normalized spacial score (nSPS) is 28.0. The van der Waals surface area contributed by atoms with Gasteiger partial charge in [-0.2, -0.15) is 5.10 Å². The predicted molar refractivity (Wildman–Crippen MR) is 81.4 cm³/mol. The highest BCUT2D eigenvalue weighted by molar-refractivity contribution is 5.93. The second-order valence-electron chi connectivity index (χ2n) is 6.34. The Morgan fingerprint density at radius 2 is 2.18 bits per heavy atom. The number of rotatable bonds is 3. The van der Waals surface area contributed by atoms with Crippen molar-refractivity contribution in [3.63, 3.8) is 0 Å². The van der Waals surface area contributed by atoms with Crippen LogP contribution in [0.25, 0.3) is 11.5 Å². The molecule has 2 saturated heterocycles. The van der Waals surface area contributed by atoms with E-state index in [0.717, 1.165) is 18.5 Å². The number of aromatic amines is 1. The van der Waals surface area contributed by atoms with Crippen LogP contribution in [0, 0.1) is 0 Å². The number of nitrogens with zero attached hydrogens (tertiary/aromatic N) is 2. The Morgan fingerprint density at radius 3 is 2.86 bits per heavy atom. The van der Waals surface area contributed by atoms with Crippen LogP contribution in [0.4, 0.5) is 0 Å². The Bertz CT molecular complexity index is 650. The fraction of sp³-hybridized carbons (Fsp3) is 0.500. The number of carbonyl (C=O) groups is 1. The van der Waals surface area contributed by atoms with Gasteiger partial charge in [-0.1, -0.05) is 0 Å². The van der Waals surface area contributed by atoms with Gasteiger partial charge < -0.3 is 14.6 Å². The number of piperidine rings is 1. The van der Waals surface area contributed by atoms with Gasteiger partial charge in [-0.15, -0.1) is 0 Å². The summed E-state index contributed by atoms with van der Waals surface area (Å²) in [4.78, 5) is 14.8. The fourth-order valence-corrected chi connectivity index (χ4v) is 3.78. The van der Waals surface area contributed by atoms with Crippen LogP contribution in [-0.2, 0) is 0 Å². The summed E-state index contributed by atoms with van der Waals surface area (Å²) in [6.07, 6.45) is 6.17. The van der Waals surface area contributed by atoms with Crippen LogP contribution < -0.4 is 5.32 Å². The number of nitrogens with one attached hydrogen (secondary N) is 2. The van der Waals surface area contributed by atoms with Crippen molar-refractivity contribution in [2.24, 2.45) is 0 Å². The number of carbonyl (C=O) groups excluding carboxylic acids is 1. The predicted octanol–water partition coefficient (Wildman–Crippen LogP) is 2.02. The quantitative estimate of drug-likeness (QED) is 0.909. The number of amides is 1. The average molecular weight is 300 g/mol. The minimum Gasteiger partial charge on any atom is -0.463 e. The van der Waals surface area contributed by atoms with Gasteiger partial charge in [0.25, 0.3) is 5.91 Å². The average Bonchev–Trinajstić information content (AvgIpc) is 3.20. The van der Waals surface area contributed by atoms with Gasteiger partial charge in [0, 0.05) is 24.2 Å². The molecule has 2 unspecified atom stereocenters. The third-order valence-electron chi connectivity index (χ3n) is 5.03. The topological polar surface area (TPSA) is 74.2 Å². The van der Waals surface area contributed by atoms with Crippen molar-refractivity contribution in [2.45, 2.75) is 43.8 Å². The van der Waals surface area contributed by atoms with Gasteiger partial charge in [0.2, 0.25) is 0 Å². The molecular weight excluding hydrogens is 280 g/mol. The third-order valence-corrected chi connectivity index (χ3v) is 5.03. The molecule has 2 fully saturated rings. The summed E-state index contributed by atoms with van der Waals surface area (Å²) in [7, 11) is 2.20. The molecule has 2 aliphatic heterocycles. The van der Waals surface area contributed by atoms with Crippen LogP contribution in [0.5, 0.6) is 0 Å². The standard InChI is InChI=1S/C16H20N4O2/c1-20-11-4-5-12(20)8-10(7-11)17-16(21)14-9-13(18-19-14)15-3-2-6-22-15/h2-3,6,9-12H,4-5,7-8H2,1H3,(H,17,21)(H,18,19). The minimum absolute atomic E-state index is 0.108. The lowest BCUT2D eigenvalue weighted by Gasteiger charge is -2.36. The Kier molecular flexibility index (Phi) is 3.26. The van der Waals surface area contributed by atoms with E-state index in [1.165, 1.54) is 12.8 Å². The van der Waals surface area contributed by atoms with E-state index in [-0.39, 0.29) is 11.9 Å². The number of fused-ring (bicyclic) bond motifs is 2. The number of aromatic nitrogens is 2. The summed E-state index contributed by atoms with van der Waals surface area (Å²) in [6, 6.07) is 6.86. The van der Waals surface area contributed by atoms with E-state index >= 15 is 0 Å². The first-order valence-corrected chi connectivity index (χ1v) is 7.83. The van der Waals surface area contributed by atoms with Crippen molar-refractivity contribution >= 4 is 5.91 Å². The molecule has 0 aromatic carbocycles. The molecule has 116 valence electrons. The van der Waals surface area contributed by atoms with Gasteiger partial charge in [0.15, 0.2) is 11.5 Å². The molecule has 4 rings (SSSR count). The van der Waals surface area contributed by atoms with Gasteiger partial charge in [-0.25, -0.2) is 0 Å². The van der Waals surface area contributed by atoms with Gasteiger partial charge in [-0.05, 0) is 44.9 Å². The molecule has 2 aromatic rings. The Labute approximate surface area is 128 Å². The lowest BCUT2D eigenvalue weighted by molar-refractivity contribution is 0.0877. The largest absolute Gasteiger partial charge is 0.463 e. The summed E-state index contributed by atoms with van der Waals surface area (Å²) >= 11 is 0. The van der Waals surface area contributed by atoms with Crippen LogP contribution in [0.2, 0.25) is 0 Å². The highest BCUT2D eigenvalue weighted by Crippen LogP contribution is 2.34. The molecule has 0 spiro atoms. The molecule has 4 heterocycles. The van der Waals surface area contributed by atoms with Crippen LogP contribution in [0.3, 0.4) is 0 Å². The van der Waals surface area contributed by atoms with Crippen molar-refractivity contribution < 1.29 is 9.21 Å². The first-order valence-electron chi connectivity index (χ1n) is 7.83. The molecule has 0 saturated carbocycles. The number of furan rings is 1. The van der Waals surface area contributed by atoms with Crippen LogP contribution in [0.1, 0.15) is 36.2 Å². The minimum atomic E-state index is -0.108. The molecule has 0 radical (unpaired) electrons. The van der Waals surface area contributed by atoms with Gasteiger partial charge in [0.1, 0.15) is 5.69 Å². The van der Waals surface area contributed by atoms with E-state index in [9.17, 15) is 4.79 Å². The zero-order valence-corrected chi connectivity index (χ0v) is 12.6. The first kappa shape index (κ1) is 13.6. The van der Waals surface area contributed by atoms with Crippen LogP contribution in [-0.4, -0.2) is 46.2 Å². The van der Waals surface area contributed by atoms with Crippen molar-refractivity contribution in [3.8, 4) is 11.5 Å². The maximum absolute atomic E-state index is 12.4. The van der Waals surface area contributed by atoms with E-state index < -0.39 is 0 Å². The number of hydrogen-bond acceptors (Lipinski definition) is 4. The van der Waals surface area contributed by atoms with Crippen molar-refractivity contribution in [3.05, 3.63) is 30.2 Å². The Balaban J connectivity index is 1.43. The first-order chi connectivity index (χ1) is 10.7. The maximum Gasteiger partial charge on any atom is 0.272 e. The van der Waals surface area contributed by atoms with E-state index in [1.807, 2.05) is 12.1 Å². The summed E-state index contributed by atoms with van der Waals surface area (Å²) in [6.45, 7) is 0. The third kappa shape index (κ3) is 2.33. The molecule has 2 aliphatic rings. The molecule has 22 heavy (non-hydrogen) atoms. The SMILES string of the molecule is CN1C2CCC1CC(NC(=O)c1cc(-c3ccco3)[nH]n1)C2. The van der Waals surface area contributed by atoms with Crippen molar-refractivity contribution in [1.82, 2.24) is 20.4 Å². The lowest BCUT2D eigenvalue weighted by atomic mass is 9.98. The number of hydrogen-bond donors (Lipinski definition) is 2. The highest BCUT2D eigenvalue weighted by Gasteiger charge is 2.38. The molecule has 1 amide bonds. The molecule has 6 nitrogen and oxygen atoms in total. The van der Waals surface area contributed by atoms with Gasteiger partial charge in [-0.3, -0.25) is 9.89 Å². The second kappa shape index (κ2) is 5.28. The molecule has 2 aromatic heterocycles. The van der Waals surface area contributed by atoms with Gasteiger partial charge in [0.05, 0.1) is 6.26 Å². The summed E-state index contributed by atoms with van der Waals surface area (Å²) < 4.78 is 5.30. The molecule has 2 bridgehead atoms. The number of H-pyrrole nitrogens is 1. The summed E-state index contributed by atoms with van der Waals surface area (Å²) in [5, 5.41) is 10.1. The van der Waals surface area contributed by atoms with Crippen molar-refractivity contribution in [1.29, 1.82) is 0 Å². The van der Waals surface area contributed by atoms with Crippen molar-refractivity contribution in [2.75, 3.05) is 7.05 Å². The van der Waals surface area contributed by atoms with E-state index in [0.29, 0.717) is 23.5 Å². The fourth-order valence-electron chi connectivity index (χ4n) is 3.78. The van der Waals surface area contributed by atoms with Crippen LogP contribution in [0.15, 0.2) is 28.9 Å². The smallest absolute Gasteiger partial charge is 0.272 e. The second-order valence-corrected chi connectivity index (χ2v) is 6.34. The zero-order chi connectivity index (χ0) is 15.1. The highest BCUT2D eigenvalue weighted by atomic mass is 16.3. The monoisotopic (exact) mass is 300 g/mol. The molecule has 2 atom stereocenters. The molecule has 6 heteroatoms.